The number of hydrogen-bond acceptors (Lipinski definition) is 5. The van der Waals surface area contributed by atoms with Crippen LogP contribution in [0, 0.1) is 21.4 Å². The molecular weight excluding hydrogens is 234 g/mol. The molecule has 0 N–H and O–H groups in total. The highest BCUT2D eigenvalue weighted by Gasteiger charge is 2.23. The van der Waals surface area contributed by atoms with Gasteiger partial charge in [0.25, 0.3) is 5.69 Å². The van der Waals surface area contributed by atoms with Crippen molar-refractivity contribution >= 4 is 5.69 Å². The first-order valence-electron chi connectivity index (χ1n) is 5.68. The van der Waals surface area contributed by atoms with E-state index in [9.17, 15) is 15.4 Å². The first-order chi connectivity index (χ1) is 8.72. The van der Waals surface area contributed by atoms with Gasteiger partial charge >= 0.3 is 0 Å². The van der Waals surface area contributed by atoms with Crippen LogP contribution in [0.1, 0.15) is 11.6 Å². The summed E-state index contributed by atoms with van der Waals surface area (Å²) in [4.78, 5) is 12.3. The zero-order valence-electron chi connectivity index (χ0n) is 9.78. The average molecular weight is 247 g/mol. The molecule has 0 aliphatic carbocycles. The van der Waals surface area contributed by atoms with Crippen molar-refractivity contribution in [3.63, 3.8) is 0 Å². The molecule has 0 radical (unpaired) electrons. The Kier molecular flexibility index (Phi) is 3.87. The predicted octanol–water partition coefficient (Wildman–Crippen LogP) is 1.49. The molecule has 6 nitrogen and oxygen atoms in total. The standard InChI is InChI=1S/C12H13N3O3/c13-9-12(14-4-6-18-7-5-14)10-2-1-3-11(8-10)15(16)17/h1-3,8,12H,4-7H2/t12-/m0/s1. The molecule has 1 atom stereocenters. The van der Waals surface area contributed by atoms with Crippen LogP contribution in [0.4, 0.5) is 5.69 Å². The Morgan fingerprint density at radius 1 is 1.44 bits per heavy atom. The van der Waals surface area contributed by atoms with Crippen molar-refractivity contribution in [3.8, 4) is 6.07 Å². The molecule has 0 spiro atoms. The number of nitrogens with zero attached hydrogens (tertiary/aromatic N) is 3. The second-order valence-corrected chi connectivity index (χ2v) is 4.03. The lowest BCUT2D eigenvalue weighted by atomic mass is 10.1. The molecule has 94 valence electrons. The number of nitro benzene ring substituents is 1. The molecule has 1 aromatic rings. The zero-order valence-corrected chi connectivity index (χ0v) is 9.78. The van der Waals surface area contributed by atoms with Crippen LogP contribution >= 0.6 is 0 Å². The number of non-ortho nitro benzene ring substituents is 1. The first-order valence-corrected chi connectivity index (χ1v) is 5.68. The van der Waals surface area contributed by atoms with Crippen LogP contribution in [0.2, 0.25) is 0 Å². The second kappa shape index (κ2) is 5.58. The Bertz CT molecular complexity index is 478. The minimum Gasteiger partial charge on any atom is -0.379 e. The second-order valence-electron chi connectivity index (χ2n) is 4.03. The van der Waals surface area contributed by atoms with Crippen LogP contribution in [0.25, 0.3) is 0 Å². The summed E-state index contributed by atoms with van der Waals surface area (Å²) >= 11 is 0. The van der Waals surface area contributed by atoms with Gasteiger partial charge in [-0.25, -0.2) is 0 Å². The molecule has 0 bridgehead atoms. The molecule has 1 aromatic carbocycles. The Hall–Kier alpha value is -1.97. The van der Waals surface area contributed by atoms with Crippen molar-refractivity contribution in [3.05, 3.63) is 39.9 Å². The fraction of sp³-hybridized carbons (Fsp3) is 0.417. The number of ether oxygens (including phenoxy) is 1. The number of benzene rings is 1. The predicted molar refractivity (Wildman–Crippen MR) is 63.8 cm³/mol. The Morgan fingerprint density at radius 3 is 2.78 bits per heavy atom. The zero-order chi connectivity index (χ0) is 13.0. The van der Waals surface area contributed by atoms with Gasteiger partial charge in [-0.3, -0.25) is 15.0 Å². The molecule has 0 saturated carbocycles. The molecule has 1 heterocycles. The van der Waals surface area contributed by atoms with Crippen LogP contribution in [0.5, 0.6) is 0 Å². The minimum atomic E-state index is -0.450. The quantitative estimate of drug-likeness (QED) is 0.597. The monoisotopic (exact) mass is 247 g/mol. The van der Waals surface area contributed by atoms with Crippen LogP contribution in [0.3, 0.4) is 0 Å². The van der Waals surface area contributed by atoms with Crippen molar-refractivity contribution in [2.24, 2.45) is 0 Å². The maximum absolute atomic E-state index is 10.7. The molecule has 1 saturated heterocycles. The van der Waals surface area contributed by atoms with Gasteiger partial charge in [0.1, 0.15) is 6.04 Å². The largest absolute Gasteiger partial charge is 0.379 e. The van der Waals surface area contributed by atoms with E-state index in [4.69, 9.17) is 4.74 Å². The summed E-state index contributed by atoms with van der Waals surface area (Å²) in [6.07, 6.45) is 0. The highest BCUT2D eigenvalue weighted by atomic mass is 16.6. The van der Waals surface area contributed by atoms with Crippen LogP contribution in [0.15, 0.2) is 24.3 Å². The van der Waals surface area contributed by atoms with Crippen LogP contribution in [-0.2, 0) is 4.74 Å². The Morgan fingerprint density at radius 2 is 2.17 bits per heavy atom. The molecule has 18 heavy (non-hydrogen) atoms. The fourth-order valence-corrected chi connectivity index (χ4v) is 2.01. The third kappa shape index (κ3) is 2.64. The van der Waals surface area contributed by atoms with Gasteiger partial charge in [-0.2, -0.15) is 5.26 Å². The smallest absolute Gasteiger partial charge is 0.269 e. The Balaban J connectivity index is 2.24. The molecule has 1 aliphatic heterocycles. The van der Waals surface area contributed by atoms with Crippen molar-refractivity contribution in [1.82, 2.24) is 4.90 Å². The van der Waals surface area contributed by atoms with Crippen molar-refractivity contribution in [2.75, 3.05) is 26.3 Å². The average Bonchev–Trinajstić information content (AvgIpc) is 2.41. The Labute approximate surface area is 105 Å². The minimum absolute atomic E-state index is 0.0148. The SMILES string of the molecule is N#C[C@@H](c1cccc([N+](=O)[O-])c1)N1CCOCC1. The number of rotatable bonds is 3. The summed E-state index contributed by atoms with van der Waals surface area (Å²) in [6, 6.07) is 8.00. The van der Waals surface area contributed by atoms with Gasteiger partial charge in [-0.15, -0.1) is 0 Å². The van der Waals surface area contributed by atoms with Crippen molar-refractivity contribution in [2.45, 2.75) is 6.04 Å². The van der Waals surface area contributed by atoms with Gasteiger partial charge in [-0.1, -0.05) is 12.1 Å². The third-order valence-electron chi connectivity index (χ3n) is 2.93. The normalized spacial score (nSPS) is 17.9. The molecular formula is C12H13N3O3. The van der Waals surface area contributed by atoms with E-state index >= 15 is 0 Å². The summed E-state index contributed by atoms with van der Waals surface area (Å²) in [5.41, 5.74) is 0.676. The summed E-state index contributed by atoms with van der Waals surface area (Å²) in [6.45, 7) is 2.52. The van der Waals surface area contributed by atoms with Gasteiger partial charge in [0.05, 0.1) is 24.2 Å². The molecule has 1 aliphatic rings. The van der Waals surface area contributed by atoms with E-state index in [0.29, 0.717) is 31.9 Å². The number of morpholine rings is 1. The molecule has 2 rings (SSSR count). The van der Waals surface area contributed by atoms with Gasteiger partial charge in [0, 0.05) is 25.2 Å². The molecule has 6 heteroatoms. The lowest BCUT2D eigenvalue weighted by Gasteiger charge is -2.30. The number of hydrogen-bond donors (Lipinski definition) is 0. The van der Waals surface area contributed by atoms with E-state index in [0.717, 1.165) is 0 Å². The molecule has 0 amide bonds. The van der Waals surface area contributed by atoms with Crippen LogP contribution < -0.4 is 0 Å². The van der Waals surface area contributed by atoms with Crippen molar-refractivity contribution < 1.29 is 9.66 Å². The highest BCUT2D eigenvalue weighted by Crippen LogP contribution is 2.24. The van der Waals surface area contributed by atoms with Crippen LogP contribution in [-0.4, -0.2) is 36.1 Å². The maximum atomic E-state index is 10.7. The number of nitriles is 1. The van der Waals surface area contributed by atoms with E-state index in [1.165, 1.54) is 12.1 Å². The fourth-order valence-electron chi connectivity index (χ4n) is 2.01. The molecule has 0 aromatic heterocycles. The van der Waals surface area contributed by atoms with E-state index in [-0.39, 0.29) is 5.69 Å². The van der Waals surface area contributed by atoms with Gasteiger partial charge in [-0.05, 0) is 5.56 Å². The lowest BCUT2D eigenvalue weighted by molar-refractivity contribution is -0.384. The van der Waals surface area contributed by atoms with E-state index < -0.39 is 11.0 Å². The summed E-state index contributed by atoms with van der Waals surface area (Å²) in [7, 11) is 0. The van der Waals surface area contributed by atoms with Gasteiger partial charge in [0.2, 0.25) is 0 Å². The van der Waals surface area contributed by atoms with E-state index in [1.54, 1.807) is 12.1 Å². The summed E-state index contributed by atoms with van der Waals surface area (Å²) in [5.74, 6) is 0. The summed E-state index contributed by atoms with van der Waals surface area (Å²) < 4.78 is 5.23. The van der Waals surface area contributed by atoms with Gasteiger partial charge < -0.3 is 4.74 Å². The lowest BCUT2D eigenvalue weighted by Crippen LogP contribution is -2.38. The summed E-state index contributed by atoms with van der Waals surface area (Å²) in [5, 5.41) is 20.0. The number of nitro groups is 1. The molecule has 0 unspecified atom stereocenters. The van der Waals surface area contributed by atoms with Crippen molar-refractivity contribution in [1.29, 1.82) is 5.26 Å². The highest BCUT2D eigenvalue weighted by molar-refractivity contribution is 5.37. The maximum Gasteiger partial charge on any atom is 0.269 e. The van der Waals surface area contributed by atoms with E-state index in [2.05, 4.69) is 6.07 Å². The first kappa shape index (κ1) is 12.5. The molecule has 1 fully saturated rings. The topological polar surface area (TPSA) is 79.4 Å². The van der Waals surface area contributed by atoms with Gasteiger partial charge in [0.15, 0.2) is 0 Å². The third-order valence-corrected chi connectivity index (χ3v) is 2.93. The van der Waals surface area contributed by atoms with E-state index in [1.807, 2.05) is 4.90 Å².